The second kappa shape index (κ2) is 5.33. The molecule has 0 bridgehead atoms. The molecule has 15 heavy (non-hydrogen) atoms. The Morgan fingerprint density at radius 3 is 2.47 bits per heavy atom. The van der Waals surface area contributed by atoms with E-state index < -0.39 is 6.17 Å². The van der Waals surface area contributed by atoms with Crippen molar-refractivity contribution in [3.63, 3.8) is 0 Å². The summed E-state index contributed by atoms with van der Waals surface area (Å²) in [5, 5.41) is 3.14. The molecular weight excluding hydrogens is 217 g/mol. The van der Waals surface area contributed by atoms with Gasteiger partial charge in [-0.1, -0.05) is 12.1 Å². The fourth-order valence-corrected chi connectivity index (χ4v) is 1.81. The standard InChI is InChI=1S/C11H14FNO.ClH/c1-14-9-4-2-8(3-5-9)11-10(12)6-7-13-11;/h2-5,10-11,13H,6-7H2,1H3;1H. The third-order valence-electron chi connectivity index (χ3n) is 2.62. The first-order chi connectivity index (χ1) is 6.81. The molecule has 0 amide bonds. The Bertz CT molecular complexity index is 304. The molecule has 1 saturated heterocycles. The number of hydrogen-bond acceptors (Lipinski definition) is 2. The molecule has 1 aliphatic rings. The van der Waals surface area contributed by atoms with Crippen molar-refractivity contribution < 1.29 is 9.13 Å². The Labute approximate surface area is 95.2 Å². The van der Waals surface area contributed by atoms with Gasteiger partial charge < -0.3 is 10.1 Å². The summed E-state index contributed by atoms with van der Waals surface area (Å²) in [5.74, 6) is 0.808. The molecule has 1 aliphatic heterocycles. The number of halogens is 2. The molecule has 1 aromatic carbocycles. The summed E-state index contributed by atoms with van der Waals surface area (Å²) in [5.41, 5.74) is 0.996. The lowest BCUT2D eigenvalue weighted by molar-refractivity contribution is 0.304. The van der Waals surface area contributed by atoms with E-state index in [0.29, 0.717) is 6.42 Å². The first kappa shape index (κ1) is 12.3. The van der Waals surface area contributed by atoms with Crippen LogP contribution >= 0.6 is 12.4 Å². The van der Waals surface area contributed by atoms with E-state index in [-0.39, 0.29) is 18.4 Å². The van der Waals surface area contributed by atoms with Crippen LogP contribution in [0.4, 0.5) is 4.39 Å². The van der Waals surface area contributed by atoms with Gasteiger partial charge in [-0.25, -0.2) is 4.39 Å². The SMILES string of the molecule is COc1ccc(C2NCCC2F)cc1.Cl. The molecule has 2 nitrogen and oxygen atoms in total. The van der Waals surface area contributed by atoms with E-state index in [2.05, 4.69) is 5.32 Å². The molecule has 2 unspecified atom stereocenters. The van der Waals surface area contributed by atoms with Gasteiger partial charge in [0.05, 0.1) is 13.2 Å². The molecule has 2 rings (SSSR count). The Hall–Kier alpha value is -0.800. The summed E-state index contributed by atoms with van der Waals surface area (Å²) >= 11 is 0. The summed E-state index contributed by atoms with van der Waals surface area (Å²) in [7, 11) is 1.63. The number of rotatable bonds is 2. The van der Waals surface area contributed by atoms with Crippen LogP contribution < -0.4 is 10.1 Å². The van der Waals surface area contributed by atoms with Crippen LogP contribution in [0.2, 0.25) is 0 Å². The van der Waals surface area contributed by atoms with Gasteiger partial charge in [-0.05, 0) is 30.7 Å². The molecule has 0 radical (unpaired) electrons. The number of ether oxygens (including phenoxy) is 1. The molecule has 0 aromatic heterocycles. The van der Waals surface area contributed by atoms with Crippen molar-refractivity contribution in [2.45, 2.75) is 18.6 Å². The fraction of sp³-hybridized carbons (Fsp3) is 0.455. The Morgan fingerprint density at radius 2 is 2.00 bits per heavy atom. The van der Waals surface area contributed by atoms with Crippen LogP contribution in [0.3, 0.4) is 0 Å². The molecule has 1 heterocycles. The van der Waals surface area contributed by atoms with Crippen LogP contribution in [0.5, 0.6) is 5.75 Å². The van der Waals surface area contributed by atoms with Gasteiger partial charge in [0.25, 0.3) is 0 Å². The highest BCUT2D eigenvalue weighted by Gasteiger charge is 2.27. The predicted molar refractivity (Wildman–Crippen MR) is 60.5 cm³/mol. The summed E-state index contributed by atoms with van der Waals surface area (Å²) in [6, 6.07) is 7.41. The maximum atomic E-state index is 13.4. The third kappa shape index (κ3) is 2.61. The maximum Gasteiger partial charge on any atom is 0.121 e. The second-order valence-electron chi connectivity index (χ2n) is 3.51. The van der Waals surface area contributed by atoms with Gasteiger partial charge in [0.15, 0.2) is 0 Å². The number of methoxy groups -OCH3 is 1. The Kier molecular flexibility index (Phi) is 4.36. The van der Waals surface area contributed by atoms with E-state index in [4.69, 9.17) is 4.74 Å². The number of benzene rings is 1. The smallest absolute Gasteiger partial charge is 0.121 e. The zero-order valence-electron chi connectivity index (χ0n) is 8.57. The van der Waals surface area contributed by atoms with Crippen LogP contribution in [0.25, 0.3) is 0 Å². The van der Waals surface area contributed by atoms with Crippen LogP contribution in [0.15, 0.2) is 24.3 Å². The highest BCUT2D eigenvalue weighted by molar-refractivity contribution is 5.85. The van der Waals surface area contributed by atoms with Gasteiger partial charge in [0, 0.05) is 0 Å². The molecule has 1 N–H and O–H groups in total. The molecular formula is C11H15ClFNO. The highest BCUT2D eigenvalue weighted by atomic mass is 35.5. The largest absolute Gasteiger partial charge is 0.497 e. The van der Waals surface area contributed by atoms with E-state index >= 15 is 0 Å². The highest BCUT2D eigenvalue weighted by Crippen LogP contribution is 2.27. The van der Waals surface area contributed by atoms with Gasteiger partial charge in [0.2, 0.25) is 0 Å². The average Bonchev–Trinajstić information content (AvgIpc) is 2.65. The van der Waals surface area contributed by atoms with Crippen LogP contribution in [0.1, 0.15) is 18.0 Å². The molecule has 1 fully saturated rings. The quantitative estimate of drug-likeness (QED) is 0.845. The summed E-state index contributed by atoms with van der Waals surface area (Å²) in [4.78, 5) is 0. The van der Waals surface area contributed by atoms with Crippen molar-refractivity contribution in [1.29, 1.82) is 0 Å². The van der Waals surface area contributed by atoms with E-state index in [9.17, 15) is 4.39 Å². The first-order valence-corrected chi connectivity index (χ1v) is 4.82. The maximum absolute atomic E-state index is 13.4. The molecule has 0 aliphatic carbocycles. The summed E-state index contributed by atoms with van der Waals surface area (Å²) in [6.45, 7) is 0.762. The van der Waals surface area contributed by atoms with E-state index in [1.165, 1.54) is 0 Å². The van der Waals surface area contributed by atoms with Gasteiger partial charge in [-0.15, -0.1) is 12.4 Å². The number of hydrogen-bond donors (Lipinski definition) is 1. The van der Waals surface area contributed by atoms with Crippen LogP contribution in [0, 0.1) is 0 Å². The topological polar surface area (TPSA) is 21.3 Å². The second-order valence-corrected chi connectivity index (χ2v) is 3.51. The Balaban J connectivity index is 0.00000112. The van der Waals surface area contributed by atoms with Crippen molar-refractivity contribution in [3.8, 4) is 5.75 Å². The minimum Gasteiger partial charge on any atom is -0.497 e. The van der Waals surface area contributed by atoms with Gasteiger partial charge >= 0.3 is 0 Å². The van der Waals surface area contributed by atoms with Gasteiger partial charge in [0.1, 0.15) is 11.9 Å². The molecule has 1 aromatic rings. The summed E-state index contributed by atoms with van der Waals surface area (Å²) in [6.07, 6.45) is -0.153. The van der Waals surface area contributed by atoms with Crippen molar-refractivity contribution in [3.05, 3.63) is 29.8 Å². The van der Waals surface area contributed by atoms with Crippen LogP contribution in [-0.4, -0.2) is 19.8 Å². The minimum absolute atomic E-state index is 0. The van der Waals surface area contributed by atoms with Gasteiger partial charge in [-0.2, -0.15) is 0 Å². The first-order valence-electron chi connectivity index (χ1n) is 4.82. The normalized spacial score (nSPS) is 24.7. The fourth-order valence-electron chi connectivity index (χ4n) is 1.81. The lowest BCUT2D eigenvalue weighted by atomic mass is 10.0. The average molecular weight is 232 g/mol. The van der Waals surface area contributed by atoms with Crippen LogP contribution in [-0.2, 0) is 0 Å². The van der Waals surface area contributed by atoms with E-state index in [0.717, 1.165) is 17.9 Å². The molecule has 0 saturated carbocycles. The molecule has 84 valence electrons. The lowest BCUT2D eigenvalue weighted by Gasteiger charge is -2.13. The summed E-state index contributed by atoms with van der Waals surface area (Å²) < 4.78 is 18.4. The zero-order valence-corrected chi connectivity index (χ0v) is 9.39. The van der Waals surface area contributed by atoms with E-state index in [1.807, 2.05) is 24.3 Å². The molecule has 4 heteroatoms. The molecule has 2 atom stereocenters. The predicted octanol–water partition coefficient (Wildman–Crippen LogP) is 2.49. The van der Waals surface area contributed by atoms with Crippen molar-refractivity contribution in [2.75, 3.05) is 13.7 Å². The minimum atomic E-state index is -0.761. The number of alkyl halides is 1. The monoisotopic (exact) mass is 231 g/mol. The third-order valence-corrected chi connectivity index (χ3v) is 2.62. The number of nitrogens with one attached hydrogen (secondary N) is 1. The zero-order chi connectivity index (χ0) is 9.97. The lowest BCUT2D eigenvalue weighted by Crippen LogP contribution is -2.18. The van der Waals surface area contributed by atoms with Crippen molar-refractivity contribution in [2.24, 2.45) is 0 Å². The Morgan fingerprint density at radius 1 is 1.33 bits per heavy atom. The van der Waals surface area contributed by atoms with E-state index in [1.54, 1.807) is 7.11 Å². The van der Waals surface area contributed by atoms with Crippen molar-refractivity contribution in [1.82, 2.24) is 5.32 Å². The molecule has 0 spiro atoms. The van der Waals surface area contributed by atoms with Crippen molar-refractivity contribution >= 4 is 12.4 Å². The van der Waals surface area contributed by atoms with Gasteiger partial charge in [-0.3, -0.25) is 0 Å².